The fourth-order valence-corrected chi connectivity index (χ4v) is 2.15. The molecule has 0 atom stereocenters. The second kappa shape index (κ2) is 14.3. The van der Waals surface area contributed by atoms with Gasteiger partial charge in [-0.25, -0.2) is 4.98 Å². The minimum atomic E-state index is -0.0970. The first kappa shape index (κ1) is 25.2. The summed E-state index contributed by atoms with van der Waals surface area (Å²) in [4.78, 5) is 18.6. The summed E-state index contributed by atoms with van der Waals surface area (Å²) in [7, 11) is 1.67. The van der Waals surface area contributed by atoms with E-state index in [1.165, 1.54) is 0 Å². The summed E-state index contributed by atoms with van der Waals surface area (Å²) in [5.41, 5.74) is 0.584. The van der Waals surface area contributed by atoms with E-state index >= 15 is 0 Å². The van der Waals surface area contributed by atoms with E-state index in [0.717, 1.165) is 25.5 Å². The predicted octanol–water partition coefficient (Wildman–Crippen LogP) is 2.13. The van der Waals surface area contributed by atoms with E-state index in [-0.39, 0.29) is 30.7 Å². The van der Waals surface area contributed by atoms with Crippen molar-refractivity contribution in [2.75, 3.05) is 44.8 Å². The van der Waals surface area contributed by atoms with Gasteiger partial charge in [0.25, 0.3) is 5.91 Å². The Bertz CT molecular complexity index is 444. The van der Waals surface area contributed by atoms with Gasteiger partial charge >= 0.3 is 0 Å². The average molecular weight is 381 g/mol. The van der Waals surface area contributed by atoms with Crippen LogP contribution >= 0.6 is 24.8 Å². The first-order chi connectivity index (χ1) is 10.6. The molecule has 0 unspecified atom stereocenters. The Labute approximate surface area is 157 Å². The number of ether oxygens (including phenoxy) is 1. The molecule has 2 N–H and O–H groups in total. The molecular weight excluding hydrogens is 351 g/mol. The van der Waals surface area contributed by atoms with Crippen molar-refractivity contribution in [3.63, 3.8) is 0 Å². The number of aromatic nitrogens is 1. The zero-order chi connectivity index (χ0) is 16.4. The maximum atomic E-state index is 12.0. The fourth-order valence-electron chi connectivity index (χ4n) is 2.15. The second-order valence-corrected chi connectivity index (χ2v) is 5.28. The minimum Gasteiger partial charge on any atom is -0.383 e. The van der Waals surface area contributed by atoms with Crippen molar-refractivity contribution in [2.24, 2.45) is 0 Å². The van der Waals surface area contributed by atoms with Gasteiger partial charge in [0, 0.05) is 45.5 Å². The van der Waals surface area contributed by atoms with Gasteiger partial charge in [0.1, 0.15) is 5.82 Å². The van der Waals surface area contributed by atoms with Crippen LogP contribution in [0.4, 0.5) is 5.82 Å². The van der Waals surface area contributed by atoms with Crippen LogP contribution in [0.3, 0.4) is 0 Å². The zero-order valence-corrected chi connectivity index (χ0v) is 16.5. The molecule has 1 aromatic heterocycles. The summed E-state index contributed by atoms with van der Waals surface area (Å²) in [6.07, 6.45) is 1.63. The summed E-state index contributed by atoms with van der Waals surface area (Å²) in [5.74, 6) is 0.801. The number of pyridine rings is 1. The molecule has 1 aromatic rings. The number of nitrogens with one attached hydrogen (secondary N) is 2. The molecule has 0 aromatic carbocycles. The standard InChI is InChI=1S/C16H28N4O2.2ClH/c1-5-20(13(2)3)15-7-6-14(12-19-15)16(21)18-9-8-17-10-11-22-4;;/h6-7,12-13,17H,5,8-11H2,1-4H3,(H,18,21);2*1H. The molecule has 0 radical (unpaired) electrons. The second-order valence-electron chi connectivity index (χ2n) is 5.28. The van der Waals surface area contributed by atoms with Crippen molar-refractivity contribution in [3.8, 4) is 0 Å². The molecule has 0 fully saturated rings. The van der Waals surface area contributed by atoms with Gasteiger partial charge in [-0.2, -0.15) is 0 Å². The first-order valence-electron chi connectivity index (χ1n) is 7.80. The van der Waals surface area contributed by atoms with E-state index in [1.54, 1.807) is 13.3 Å². The zero-order valence-electron chi connectivity index (χ0n) is 14.9. The number of carbonyl (C=O) groups excluding carboxylic acids is 1. The monoisotopic (exact) mass is 380 g/mol. The number of amides is 1. The molecule has 0 aliphatic carbocycles. The summed E-state index contributed by atoms with van der Waals surface area (Å²) in [6.45, 7) is 10.00. The molecule has 0 saturated heterocycles. The van der Waals surface area contributed by atoms with E-state index in [1.807, 2.05) is 12.1 Å². The van der Waals surface area contributed by atoms with Crippen molar-refractivity contribution >= 4 is 36.5 Å². The average Bonchev–Trinajstić information content (AvgIpc) is 2.51. The molecule has 0 bridgehead atoms. The van der Waals surface area contributed by atoms with E-state index in [9.17, 15) is 4.79 Å². The largest absolute Gasteiger partial charge is 0.383 e. The van der Waals surface area contributed by atoms with Crippen LogP contribution < -0.4 is 15.5 Å². The maximum Gasteiger partial charge on any atom is 0.252 e. The van der Waals surface area contributed by atoms with Crippen LogP contribution in [0, 0.1) is 0 Å². The summed E-state index contributed by atoms with van der Waals surface area (Å²) in [6, 6.07) is 4.10. The van der Waals surface area contributed by atoms with Crippen LogP contribution in [0.25, 0.3) is 0 Å². The quantitative estimate of drug-likeness (QED) is 0.608. The van der Waals surface area contributed by atoms with Gasteiger partial charge in [0.15, 0.2) is 0 Å². The van der Waals surface area contributed by atoms with Gasteiger partial charge in [-0.1, -0.05) is 0 Å². The third-order valence-corrected chi connectivity index (χ3v) is 3.34. The Morgan fingerprint density at radius 1 is 1.25 bits per heavy atom. The topological polar surface area (TPSA) is 66.5 Å². The number of halogens is 2. The first-order valence-corrected chi connectivity index (χ1v) is 7.80. The molecule has 24 heavy (non-hydrogen) atoms. The normalized spacial score (nSPS) is 9.88. The number of hydrogen-bond acceptors (Lipinski definition) is 5. The Balaban J connectivity index is 0. The predicted molar refractivity (Wildman–Crippen MR) is 104 cm³/mol. The van der Waals surface area contributed by atoms with Crippen molar-refractivity contribution in [1.29, 1.82) is 0 Å². The Hall–Kier alpha value is -1.08. The van der Waals surface area contributed by atoms with Crippen molar-refractivity contribution in [3.05, 3.63) is 23.9 Å². The number of carbonyl (C=O) groups is 1. The SMILES string of the molecule is CCN(c1ccc(C(=O)NCCNCCOC)cn1)C(C)C.Cl.Cl. The summed E-state index contributed by atoms with van der Waals surface area (Å²) < 4.78 is 4.93. The van der Waals surface area contributed by atoms with E-state index in [2.05, 4.69) is 41.3 Å². The third-order valence-electron chi connectivity index (χ3n) is 3.34. The number of rotatable bonds is 10. The van der Waals surface area contributed by atoms with Crippen molar-refractivity contribution in [1.82, 2.24) is 15.6 Å². The number of nitrogens with zero attached hydrogens (tertiary/aromatic N) is 2. The molecule has 6 nitrogen and oxygen atoms in total. The molecule has 1 rings (SSSR count). The molecular formula is C16H30Cl2N4O2. The molecule has 0 spiro atoms. The molecule has 1 amide bonds. The van der Waals surface area contributed by atoms with E-state index in [4.69, 9.17) is 4.74 Å². The minimum absolute atomic E-state index is 0. The van der Waals surface area contributed by atoms with Gasteiger partial charge in [-0.3, -0.25) is 4.79 Å². The van der Waals surface area contributed by atoms with Crippen molar-refractivity contribution in [2.45, 2.75) is 26.8 Å². The lowest BCUT2D eigenvalue weighted by Crippen LogP contribution is -2.33. The molecule has 1 heterocycles. The fraction of sp³-hybridized carbons (Fsp3) is 0.625. The molecule has 0 aliphatic heterocycles. The van der Waals surface area contributed by atoms with Crippen LogP contribution in [-0.4, -0.2) is 56.8 Å². The molecule has 8 heteroatoms. The highest BCUT2D eigenvalue weighted by molar-refractivity contribution is 5.94. The smallest absolute Gasteiger partial charge is 0.252 e. The van der Waals surface area contributed by atoms with Crippen LogP contribution in [0.2, 0.25) is 0 Å². The molecule has 0 aliphatic rings. The van der Waals surface area contributed by atoms with E-state index in [0.29, 0.717) is 24.8 Å². The highest BCUT2D eigenvalue weighted by Gasteiger charge is 2.11. The Morgan fingerprint density at radius 2 is 1.96 bits per heavy atom. The van der Waals surface area contributed by atoms with Crippen molar-refractivity contribution < 1.29 is 9.53 Å². The lowest BCUT2D eigenvalue weighted by atomic mass is 10.2. The lowest BCUT2D eigenvalue weighted by Gasteiger charge is -2.26. The Kier molecular flexibility index (Phi) is 15.0. The van der Waals surface area contributed by atoms with Crippen LogP contribution in [0.5, 0.6) is 0 Å². The highest BCUT2D eigenvalue weighted by atomic mass is 35.5. The molecule has 0 saturated carbocycles. The van der Waals surface area contributed by atoms with Crippen LogP contribution in [0.15, 0.2) is 18.3 Å². The Morgan fingerprint density at radius 3 is 2.46 bits per heavy atom. The van der Waals surface area contributed by atoms with Gasteiger partial charge in [0.05, 0.1) is 12.2 Å². The summed E-state index contributed by atoms with van der Waals surface area (Å²) >= 11 is 0. The lowest BCUT2D eigenvalue weighted by molar-refractivity contribution is 0.0953. The third kappa shape index (κ3) is 8.68. The van der Waals surface area contributed by atoms with E-state index < -0.39 is 0 Å². The number of anilines is 1. The van der Waals surface area contributed by atoms with Crippen LogP contribution in [0.1, 0.15) is 31.1 Å². The maximum absolute atomic E-state index is 12.0. The van der Waals surface area contributed by atoms with Gasteiger partial charge < -0.3 is 20.3 Å². The molecule has 140 valence electrons. The number of hydrogen-bond donors (Lipinski definition) is 2. The summed E-state index contributed by atoms with van der Waals surface area (Å²) in [5, 5.41) is 6.04. The number of methoxy groups -OCH3 is 1. The van der Waals surface area contributed by atoms with Gasteiger partial charge in [0.2, 0.25) is 0 Å². The van der Waals surface area contributed by atoms with Gasteiger partial charge in [-0.05, 0) is 32.9 Å². The highest BCUT2D eigenvalue weighted by Crippen LogP contribution is 2.13. The van der Waals surface area contributed by atoms with Crippen LogP contribution in [-0.2, 0) is 4.74 Å². The van der Waals surface area contributed by atoms with Gasteiger partial charge in [-0.15, -0.1) is 24.8 Å².